The lowest BCUT2D eigenvalue weighted by atomic mass is 10.4. The predicted molar refractivity (Wildman–Crippen MR) is 115 cm³/mol. The number of carboxylic acid groups (broad SMARTS) is 2. The van der Waals surface area contributed by atoms with Crippen molar-refractivity contribution in [3.63, 3.8) is 0 Å². The van der Waals surface area contributed by atoms with Crippen molar-refractivity contribution in [2.24, 2.45) is 0 Å². The topological polar surface area (TPSA) is 169 Å². The number of aliphatic carboxylic acids is 2. The number of ether oxygens (including phenoxy) is 4. The number of carbonyl (C=O) groups is 3. The van der Waals surface area contributed by atoms with E-state index in [1.807, 2.05) is 20.8 Å². The molecule has 0 aliphatic carbocycles. The lowest BCUT2D eigenvalue weighted by Gasteiger charge is -2.16. The number of hydrogen-bond donors (Lipinski definition) is 4. The second kappa shape index (κ2) is 24.2. The molecule has 0 rings (SSSR count). The average molecular weight is 465 g/mol. The maximum Gasteiger partial charge on any atom is 0.381 e. The van der Waals surface area contributed by atoms with Gasteiger partial charge < -0.3 is 39.4 Å². The Morgan fingerprint density at radius 2 is 1.19 bits per heavy atom. The van der Waals surface area contributed by atoms with E-state index >= 15 is 0 Å². The van der Waals surface area contributed by atoms with Gasteiger partial charge in [0.15, 0.2) is 0 Å². The summed E-state index contributed by atoms with van der Waals surface area (Å²) in [5, 5.41) is 33.2. The number of aliphatic hydroxyl groups excluding tert-OH is 2. The van der Waals surface area contributed by atoms with Gasteiger partial charge in [0.25, 0.3) is 5.76 Å². The number of carboxylic acids is 2. The van der Waals surface area contributed by atoms with Crippen molar-refractivity contribution in [2.75, 3.05) is 33.0 Å². The molecule has 0 aromatic heterocycles. The first-order valence-corrected chi connectivity index (χ1v) is 9.94. The second-order valence-corrected chi connectivity index (χ2v) is 5.68. The summed E-state index contributed by atoms with van der Waals surface area (Å²) in [6, 6.07) is 0. The summed E-state index contributed by atoms with van der Waals surface area (Å²) in [5.74, 6) is -2.90. The molecule has 0 radical (unpaired) electrons. The molecule has 11 nitrogen and oxygen atoms in total. The maximum absolute atomic E-state index is 12.1. The zero-order chi connectivity index (χ0) is 25.4. The smallest absolute Gasteiger partial charge is 0.381 e. The lowest BCUT2D eigenvalue weighted by Crippen LogP contribution is -2.24. The molecule has 0 amide bonds. The molecule has 0 bridgehead atoms. The molecular formula is C21H36O11. The monoisotopic (exact) mass is 464 g/mol. The molecule has 0 aliphatic heterocycles. The summed E-state index contributed by atoms with van der Waals surface area (Å²) in [6.07, 6.45) is 2.73. The van der Waals surface area contributed by atoms with Crippen LogP contribution in [0.15, 0.2) is 37.0 Å². The van der Waals surface area contributed by atoms with Gasteiger partial charge in [-0.25, -0.2) is 14.4 Å². The molecule has 0 saturated carbocycles. The highest BCUT2D eigenvalue weighted by molar-refractivity contribution is 5.86. The van der Waals surface area contributed by atoms with Crippen LogP contribution in [0.2, 0.25) is 0 Å². The van der Waals surface area contributed by atoms with Crippen LogP contribution in [0, 0.1) is 0 Å². The van der Waals surface area contributed by atoms with Gasteiger partial charge in [0.05, 0.1) is 26.4 Å². The van der Waals surface area contributed by atoms with Crippen molar-refractivity contribution in [1.29, 1.82) is 0 Å². The van der Waals surface area contributed by atoms with Crippen LogP contribution in [-0.4, -0.2) is 77.5 Å². The first-order chi connectivity index (χ1) is 15.1. The van der Waals surface area contributed by atoms with E-state index in [-0.39, 0.29) is 18.3 Å². The maximum atomic E-state index is 12.1. The Kier molecular flexibility index (Phi) is 25.4. The third kappa shape index (κ3) is 23.2. The molecule has 0 aliphatic rings. The summed E-state index contributed by atoms with van der Waals surface area (Å²) in [7, 11) is 0. The highest BCUT2D eigenvalue weighted by atomic mass is 16.7. The molecule has 0 fully saturated rings. The summed E-state index contributed by atoms with van der Waals surface area (Å²) < 4.78 is 21.1. The molecule has 1 atom stereocenters. The summed E-state index contributed by atoms with van der Waals surface area (Å²) in [4.78, 5) is 30.6. The SMILES string of the molecule is C=CC(=O)O.C=CC(=O)O.CCCOC(OCCC)=C(OCCC)C(=O)OCC(O)CO. The number of rotatable bonds is 15. The quantitative estimate of drug-likeness (QED) is 0.158. The Morgan fingerprint density at radius 1 is 0.812 bits per heavy atom. The standard InChI is InChI=1S/C15H28O7.2C3H4O2/c1-4-7-19-13(14(18)22-11-12(17)10-16)15(20-8-5-2)21-9-6-3;2*1-2-3(4)5/h12,16-17H,4-11H2,1-3H3;2*2H,1H2,(H,4,5). The molecule has 4 N–H and O–H groups in total. The van der Waals surface area contributed by atoms with Crippen LogP contribution in [0.1, 0.15) is 40.0 Å². The number of aliphatic hydroxyl groups is 2. The van der Waals surface area contributed by atoms with Gasteiger partial charge in [-0.05, 0) is 19.3 Å². The summed E-state index contributed by atoms with van der Waals surface area (Å²) in [5.41, 5.74) is 0. The van der Waals surface area contributed by atoms with Crippen LogP contribution in [0.4, 0.5) is 0 Å². The van der Waals surface area contributed by atoms with Crippen molar-refractivity contribution >= 4 is 17.9 Å². The van der Waals surface area contributed by atoms with Gasteiger partial charge in [-0.1, -0.05) is 33.9 Å². The van der Waals surface area contributed by atoms with Crippen molar-refractivity contribution in [3.05, 3.63) is 37.0 Å². The molecule has 1 unspecified atom stereocenters. The van der Waals surface area contributed by atoms with Crippen LogP contribution in [0.3, 0.4) is 0 Å². The third-order valence-corrected chi connectivity index (χ3v) is 2.66. The van der Waals surface area contributed by atoms with Gasteiger partial charge in [-0.2, -0.15) is 0 Å². The second-order valence-electron chi connectivity index (χ2n) is 5.68. The third-order valence-electron chi connectivity index (χ3n) is 2.66. The lowest BCUT2D eigenvalue weighted by molar-refractivity contribution is -0.148. The molecule has 0 heterocycles. The van der Waals surface area contributed by atoms with E-state index in [2.05, 4.69) is 13.2 Å². The first kappa shape index (κ1) is 33.6. The van der Waals surface area contributed by atoms with E-state index in [4.69, 9.17) is 34.3 Å². The largest absolute Gasteiger partial charge is 0.482 e. The van der Waals surface area contributed by atoms with Crippen molar-refractivity contribution in [3.8, 4) is 0 Å². The summed E-state index contributed by atoms with van der Waals surface area (Å²) in [6.45, 7) is 11.9. The van der Waals surface area contributed by atoms with Crippen LogP contribution in [-0.2, 0) is 33.3 Å². The van der Waals surface area contributed by atoms with Crippen LogP contribution >= 0.6 is 0 Å². The fraction of sp³-hybridized carbons (Fsp3) is 0.571. The predicted octanol–water partition coefficient (Wildman–Crippen LogP) is 1.85. The molecule has 0 spiro atoms. The van der Waals surface area contributed by atoms with E-state index in [0.717, 1.165) is 25.0 Å². The van der Waals surface area contributed by atoms with E-state index < -0.39 is 30.6 Å². The molecule has 11 heteroatoms. The first-order valence-electron chi connectivity index (χ1n) is 9.94. The minimum absolute atomic E-state index is 0.000591. The van der Waals surface area contributed by atoms with Crippen molar-refractivity contribution in [1.82, 2.24) is 0 Å². The number of carbonyl (C=O) groups excluding carboxylic acids is 1. The Hall–Kier alpha value is -3.05. The highest BCUT2D eigenvalue weighted by Gasteiger charge is 2.23. The molecule has 0 aromatic rings. The number of esters is 1. The van der Waals surface area contributed by atoms with Crippen LogP contribution in [0.25, 0.3) is 0 Å². The zero-order valence-corrected chi connectivity index (χ0v) is 18.9. The van der Waals surface area contributed by atoms with Crippen LogP contribution in [0.5, 0.6) is 0 Å². The Bertz CT molecular complexity index is 542. The number of hydrogen-bond acceptors (Lipinski definition) is 9. The molecule has 32 heavy (non-hydrogen) atoms. The molecule has 0 saturated heterocycles. The van der Waals surface area contributed by atoms with Crippen molar-refractivity contribution in [2.45, 2.75) is 46.1 Å². The van der Waals surface area contributed by atoms with Gasteiger partial charge in [0.2, 0.25) is 0 Å². The zero-order valence-electron chi connectivity index (χ0n) is 18.9. The van der Waals surface area contributed by atoms with Gasteiger partial charge in [0.1, 0.15) is 12.7 Å². The van der Waals surface area contributed by atoms with E-state index in [0.29, 0.717) is 26.2 Å². The van der Waals surface area contributed by atoms with Gasteiger partial charge in [-0.15, -0.1) is 0 Å². The Labute approximate surface area is 188 Å². The highest BCUT2D eigenvalue weighted by Crippen LogP contribution is 2.14. The van der Waals surface area contributed by atoms with E-state index in [9.17, 15) is 19.5 Å². The summed E-state index contributed by atoms with van der Waals surface area (Å²) >= 11 is 0. The molecular weight excluding hydrogens is 428 g/mol. The van der Waals surface area contributed by atoms with E-state index in [1.54, 1.807) is 0 Å². The average Bonchev–Trinajstić information content (AvgIpc) is 2.79. The molecule has 186 valence electrons. The van der Waals surface area contributed by atoms with Gasteiger partial charge in [-0.3, -0.25) is 0 Å². The minimum Gasteiger partial charge on any atom is -0.482 e. The Balaban J connectivity index is -0.000000695. The van der Waals surface area contributed by atoms with Gasteiger partial charge in [0, 0.05) is 12.2 Å². The van der Waals surface area contributed by atoms with Gasteiger partial charge >= 0.3 is 23.9 Å². The normalized spacial score (nSPS) is 9.91. The molecule has 0 aromatic carbocycles. The van der Waals surface area contributed by atoms with Crippen LogP contribution < -0.4 is 0 Å². The minimum atomic E-state index is -1.13. The van der Waals surface area contributed by atoms with Crippen molar-refractivity contribution < 1.29 is 53.8 Å². The Morgan fingerprint density at radius 3 is 1.50 bits per heavy atom. The fourth-order valence-electron chi connectivity index (χ4n) is 1.26. The van der Waals surface area contributed by atoms with E-state index in [1.165, 1.54) is 0 Å². The fourth-order valence-corrected chi connectivity index (χ4v) is 1.26.